The summed E-state index contributed by atoms with van der Waals surface area (Å²) in [6.45, 7) is 4.38. The Bertz CT molecular complexity index is 981. The molecule has 1 nitrogen and oxygen atoms in total. The fourth-order valence-corrected chi connectivity index (χ4v) is 5.71. The Balaban J connectivity index is 1.43. The zero-order chi connectivity index (χ0) is 25.2. The molecule has 0 unspecified atom stereocenters. The molecular formula is C29H35F5O. The number of halogens is 5. The summed E-state index contributed by atoms with van der Waals surface area (Å²) in [5.41, 5.74) is -0.615. The van der Waals surface area contributed by atoms with E-state index in [2.05, 4.69) is 18.6 Å². The monoisotopic (exact) mass is 494 g/mol. The predicted molar refractivity (Wildman–Crippen MR) is 127 cm³/mol. The molecule has 6 heteroatoms. The molecule has 0 aromatic heterocycles. The number of alkyl halides is 2. The molecule has 2 fully saturated rings. The van der Waals surface area contributed by atoms with Crippen LogP contribution in [-0.4, -0.2) is 0 Å². The second-order valence-electron chi connectivity index (χ2n) is 10.9. The Hall–Kier alpha value is -2.11. The summed E-state index contributed by atoms with van der Waals surface area (Å²) in [4.78, 5) is 0. The van der Waals surface area contributed by atoms with Gasteiger partial charge in [-0.05, 0) is 78.7 Å². The maximum Gasteiger partial charge on any atom is 0.432 e. The predicted octanol–water partition coefficient (Wildman–Crippen LogP) is 9.28. The van der Waals surface area contributed by atoms with Crippen molar-refractivity contribution in [3.8, 4) is 5.75 Å². The molecule has 0 spiro atoms. The van der Waals surface area contributed by atoms with E-state index in [4.69, 9.17) is 0 Å². The minimum Gasteiger partial charge on any atom is -0.429 e. The first kappa shape index (κ1) is 26.0. The summed E-state index contributed by atoms with van der Waals surface area (Å²) < 4.78 is 78.3. The van der Waals surface area contributed by atoms with Gasteiger partial charge in [0.2, 0.25) is 0 Å². The topological polar surface area (TPSA) is 9.23 Å². The molecule has 0 amide bonds. The number of rotatable bonds is 7. The third-order valence-electron chi connectivity index (χ3n) is 8.04. The fourth-order valence-electron chi connectivity index (χ4n) is 5.71. The van der Waals surface area contributed by atoms with E-state index in [0.29, 0.717) is 35.3 Å². The van der Waals surface area contributed by atoms with Crippen molar-refractivity contribution in [2.75, 3.05) is 0 Å². The van der Waals surface area contributed by atoms with Gasteiger partial charge in [0.25, 0.3) is 0 Å². The van der Waals surface area contributed by atoms with Crippen molar-refractivity contribution >= 4 is 0 Å². The molecule has 192 valence electrons. The molecule has 0 heterocycles. The minimum absolute atomic E-state index is 0.0419. The maximum absolute atomic E-state index is 14.8. The molecule has 0 radical (unpaired) electrons. The molecule has 0 saturated heterocycles. The van der Waals surface area contributed by atoms with Crippen molar-refractivity contribution in [2.24, 2.45) is 17.8 Å². The highest BCUT2D eigenvalue weighted by Gasteiger charge is 2.41. The van der Waals surface area contributed by atoms with Crippen LogP contribution in [0.5, 0.6) is 5.75 Å². The van der Waals surface area contributed by atoms with E-state index < -0.39 is 34.9 Å². The van der Waals surface area contributed by atoms with E-state index in [1.54, 1.807) is 0 Å². The van der Waals surface area contributed by atoms with E-state index >= 15 is 0 Å². The van der Waals surface area contributed by atoms with Crippen molar-refractivity contribution < 1.29 is 26.7 Å². The van der Waals surface area contributed by atoms with Crippen LogP contribution in [-0.2, 0) is 12.5 Å². The molecule has 0 N–H and O–H groups in total. The van der Waals surface area contributed by atoms with Crippen LogP contribution in [0.15, 0.2) is 30.3 Å². The highest BCUT2D eigenvalue weighted by atomic mass is 19.3. The maximum atomic E-state index is 14.8. The van der Waals surface area contributed by atoms with Gasteiger partial charge in [-0.3, -0.25) is 0 Å². The Morgan fingerprint density at radius 3 is 1.91 bits per heavy atom. The third kappa shape index (κ3) is 6.37. The van der Waals surface area contributed by atoms with Gasteiger partial charge in [0.1, 0.15) is 28.8 Å². The van der Waals surface area contributed by atoms with Crippen LogP contribution in [0.4, 0.5) is 22.0 Å². The minimum atomic E-state index is -4.28. The summed E-state index contributed by atoms with van der Waals surface area (Å²) in [5.74, 6) is -1.95. The lowest BCUT2D eigenvalue weighted by Gasteiger charge is -2.27. The summed E-state index contributed by atoms with van der Waals surface area (Å²) in [7, 11) is 0. The van der Waals surface area contributed by atoms with E-state index in [0.717, 1.165) is 76.0 Å². The Morgan fingerprint density at radius 2 is 1.34 bits per heavy atom. The van der Waals surface area contributed by atoms with Gasteiger partial charge in [-0.15, -0.1) is 0 Å². The van der Waals surface area contributed by atoms with Crippen LogP contribution >= 0.6 is 0 Å². The number of benzene rings is 2. The quantitative estimate of drug-likeness (QED) is 0.349. The number of aryl methyl sites for hydroxylation is 1. The van der Waals surface area contributed by atoms with Gasteiger partial charge in [0.15, 0.2) is 0 Å². The van der Waals surface area contributed by atoms with Crippen molar-refractivity contribution in [1.82, 2.24) is 0 Å². The zero-order valence-electron chi connectivity index (χ0n) is 20.6. The standard InChI is InChI=1S/C29H35F5O/c1-18-3-7-20(8-4-18)9-10-21-15-26(31)28(27(32)16-21)29(33,34)35-23-13-14-24(25(30)17-23)22-11-5-19(2)6-12-22/h13-20,22H,3-12H2,1-2H3. The number of hydrogen-bond donors (Lipinski definition) is 0. The van der Waals surface area contributed by atoms with E-state index in [1.807, 2.05) is 0 Å². The van der Waals surface area contributed by atoms with Crippen molar-refractivity contribution in [3.63, 3.8) is 0 Å². The van der Waals surface area contributed by atoms with E-state index in [1.165, 1.54) is 12.1 Å². The Labute approximate surface area is 205 Å². The molecule has 2 aliphatic rings. The van der Waals surface area contributed by atoms with Gasteiger partial charge < -0.3 is 4.74 Å². The van der Waals surface area contributed by atoms with Crippen molar-refractivity contribution in [3.05, 3.63) is 64.5 Å². The van der Waals surface area contributed by atoms with Crippen LogP contribution in [0.1, 0.15) is 94.2 Å². The third-order valence-corrected chi connectivity index (χ3v) is 8.04. The first-order chi connectivity index (χ1) is 16.6. The molecular weight excluding hydrogens is 459 g/mol. The molecule has 35 heavy (non-hydrogen) atoms. The molecule has 2 saturated carbocycles. The highest BCUT2D eigenvalue weighted by Crippen LogP contribution is 2.40. The molecule has 2 aromatic rings. The SMILES string of the molecule is CC1CCC(CCc2cc(F)c(C(F)(F)Oc3ccc(C4CCC(C)CC4)c(F)c3)c(F)c2)CC1. The second kappa shape index (κ2) is 10.9. The highest BCUT2D eigenvalue weighted by molar-refractivity contribution is 5.34. The second-order valence-corrected chi connectivity index (χ2v) is 10.9. The largest absolute Gasteiger partial charge is 0.432 e. The van der Waals surface area contributed by atoms with Crippen LogP contribution in [0.25, 0.3) is 0 Å². The van der Waals surface area contributed by atoms with Crippen molar-refractivity contribution in [2.45, 2.75) is 90.1 Å². The summed E-state index contributed by atoms with van der Waals surface area (Å²) in [6.07, 6.45) is 5.10. The van der Waals surface area contributed by atoms with Crippen LogP contribution in [0, 0.1) is 35.2 Å². The normalized spacial score (nSPS) is 25.5. The molecule has 4 rings (SSSR count). The summed E-state index contributed by atoms with van der Waals surface area (Å²) >= 11 is 0. The van der Waals surface area contributed by atoms with Gasteiger partial charge in [-0.2, -0.15) is 8.78 Å². The van der Waals surface area contributed by atoms with E-state index in [9.17, 15) is 22.0 Å². The zero-order valence-corrected chi connectivity index (χ0v) is 20.6. The lowest BCUT2D eigenvalue weighted by atomic mass is 9.79. The molecule has 2 aromatic carbocycles. The lowest BCUT2D eigenvalue weighted by molar-refractivity contribution is -0.189. The average molecular weight is 495 g/mol. The van der Waals surface area contributed by atoms with E-state index in [-0.39, 0.29) is 5.92 Å². The van der Waals surface area contributed by atoms with Crippen LogP contribution in [0.2, 0.25) is 0 Å². The Kier molecular flexibility index (Phi) is 8.07. The Morgan fingerprint density at radius 1 is 0.771 bits per heavy atom. The molecule has 0 atom stereocenters. The fraction of sp³-hybridized carbons (Fsp3) is 0.586. The number of ether oxygens (including phenoxy) is 1. The van der Waals surface area contributed by atoms with Gasteiger partial charge in [-0.25, -0.2) is 13.2 Å². The molecule has 2 aliphatic carbocycles. The smallest absolute Gasteiger partial charge is 0.429 e. The lowest BCUT2D eigenvalue weighted by Crippen LogP contribution is -2.25. The van der Waals surface area contributed by atoms with Crippen LogP contribution < -0.4 is 4.74 Å². The average Bonchev–Trinajstić information content (AvgIpc) is 2.79. The van der Waals surface area contributed by atoms with Crippen LogP contribution in [0.3, 0.4) is 0 Å². The van der Waals surface area contributed by atoms with Gasteiger partial charge in [0, 0.05) is 6.07 Å². The summed E-state index contributed by atoms with van der Waals surface area (Å²) in [6, 6.07) is 5.52. The molecule has 0 bridgehead atoms. The molecule has 0 aliphatic heterocycles. The van der Waals surface area contributed by atoms with Gasteiger partial charge in [-0.1, -0.05) is 58.4 Å². The first-order valence-electron chi connectivity index (χ1n) is 13.0. The van der Waals surface area contributed by atoms with Crippen molar-refractivity contribution in [1.29, 1.82) is 0 Å². The summed E-state index contributed by atoms with van der Waals surface area (Å²) in [5, 5.41) is 0. The van der Waals surface area contributed by atoms with Gasteiger partial charge in [0.05, 0.1) is 0 Å². The number of hydrogen-bond acceptors (Lipinski definition) is 1. The first-order valence-corrected chi connectivity index (χ1v) is 13.0. The van der Waals surface area contributed by atoms with Gasteiger partial charge >= 0.3 is 6.11 Å².